The molecule has 0 spiro atoms. The van der Waals surface area contributed by atoms with Gasteiger partial charge in [-0.15, -0.1) is 0 Å². The Morgan fingerprint density at radius 3 is 2.60 bits per heavy atom. The molecule has 0 bridgehead atoms. The summed E-state index contributed by atoms with van der Waals surface area (Å²) in [6, 6.07) is 0. The Hall–Kier alpha value is -0.356. The Labute approximate surface area is 69.7 Å². The first-order valence-electron chi connectivity index (χ1n) is 3.09. The predicted octanol–water partition coefficient (Wildman–Crippen LogP) is 1.83. The third-order valence-electron chi connectivity index (χ3n) is 0.730. The average Bonchev–Trinajstić information content (AvgIpc) is 1.82. The maximum atomic E-state index is 5.21. The minimum atomic E-state index is 0.186. The Morgan fingerprint density at radius 2 is 2.20 bits per heavy atom. The molecule has 0 aliphatic carbocycles. The second-order valence-electron chi connectivity index (χ2n) is 2.10. The third kappa shape index (κ3) is 5.77. The molecule has 0 aromatic rings. The van der Waals surface area contributed by atoms with Crippen LogP contribution in [-0.2, 0) is 19.8 Å². The van der Waals surface area contributed by atoms with E-state index in [2.05, 4.69) is 21.6 Å². The summed E-state index contributed by atoms with van der Waals surface area (Å²) >= 11 is 4.31. The van der Waals surface area contributed by atoms with Gasteiger partial charge in [0, 0.05) is 0 Å². The van der Waals surface area contributed by atoms with Crippen LogP contribution in [0.5, 0.6) is 0 Å². The molecule has 0 heterocycles. The van der Waals surface area contributed by atoms with Gasteiger partial charge in [-0.05, 0) is 0 Å². The van der Waals surface area contributed by atoms with Gasteiger partial charge in [0.05, 0.1) is 0 Å². The van der Waals surface area contributed by atoms with E-state index in [-0.39, 0.29) is 6.10 Å². The SMILES string of the molecule is C=C(/C=C\[CH]=[Ni])OC(C)C. The molecule has 0 unspecified atom stereocenters. The molecule has 0 aliphatic rings. The molecule has 10 heavy (non-hydrogen) atoms. The van der Waals surface area contributed by atoms with Gasteiger partial charge in [0.2, 0.25) is 0 Å². The first-order chi connectivity index (χ1) is 4.66. The number of rotatable bonds is 4. The number of hydrogen-bond donors (Lipinski definition) is 0. The minimum absolute atomic E-state index is 0.186. The summed E-state index contributed by atoms with van der Waals surface area (Å²) < 4.78 is 5.21. The van der Waals surface area contributed by atoms with Gasteiger partial charge in [-0.3, -0.25) is 0 Å². The second-order valence-corrected chi connectivity index (χ2v) is 2.43. The summed E-state index contributed by atoms with van der Waals surface area (Å²) in [5, 5.41) is 0. The molecule has 0 aromatic carbocycles. The topological polar surface area (TPSA) is 9.23 Å². The van der Waals surface area contributed by atoms with Crippen molar-refractivity contribution in [1.82, 2.24) is 0 Å². The first kappa shape index (κ1) is 9.64. The monoisotopic (exact) mass is 182 g/mol. The molecule has 0 aliphatic heterocycles. The van der Waals surface area contributed by atoms with Crippen molar-refractivity contribution in [3.05, 3.63) is 24.5 Å². The van der Waals surface area contributed by atoms with Gasteiger partial charge in [-0.2, -0.15) is 0 Å². The Bertz CT molecular complexity index is 147. The zero-order chi connectivity index (χ0) is 7.98. The normalized spacial score (nSPS) is 10.5. The van der Waals surface area contributed by atoms with Gasteiger partial charge in [-0.1, -0.05) is 0 Å². The molecular weight excluding hydrogens is 171 g/mol. The zero-order valence-electron chi connectivity index (χ0n) is 6.24. The van der Waals surface area contributed by atoms with E-state index < -0.39 is 0 Å². The summed E-state index contributed by atoms with van der Waals surface area (Å²) in [5.41, 5.74) is 0. The van der Waals surface area contributed by atoms with E-state index in [1.165, 1.54) is 0 Å². The molecule has 0 N–H and O–H groups in total. The molecule has 0 rings (SSSR count). The van der Waals surface area contributed by atoms with Crippen LogP contribution in [0.3, 0.4) is 0 Å². The molecule has 0 atom stereocenters. The maximum absolute atomic E-state index is 5.21. The van der Waals surface area contributed by atoms with Crippen LogP contribution in [-0.4, -0.2) is 11.1 Å². The molecule has 1 nitrogen and oxygen atoms in total. The van der Waals surface area contributed by atoms with Crippen LogP contribution in [0.1, 0.15) is 13.8 Å². The fourth-order valence-corrected chi connectivity index (χ4v) is 0.575. The standard InChI is InChI=1S/C8H12O.Ni/c1-5-6-8(4)9-7(2)3;/h1,5-7H,4H2,2-3H3;/b6-5-;. The summed E-state index contributed by atoms with van der Waals surface area (Å²) in [6.07, 6.45) is 3.68. The number of hydrogen-bond acceptors (Lipinski definition) is 1. The Morgan fingerprint density at radius 1 is 1.60 bits per heavy atom. The molecule has 60 valence electrons. The van der Waals surface area contributed by atoms with E-state index in [0.29, 0.717) is 5.76 Å². The van der Waals surface area contributed by atoms with Crippen molar-refractivity contribution in [2.24, 2.45) is 0 Å². The molecule has 0 fully saturated rings. The third-order valence-corrected chi connectivity index (χ3v) is 0.920. The predicted molar refractivity (Wildman–Crippen MR) is 40.6 cm³/mol. The van der Waals surface area contributed by atoms with E-state index in [1.54, 1.807) is 17.1 Å². The molecule has 0 radical (unpaired) electrons. The number of allylic oxidation sites excluding steroid dienone is 2. The van der Waals surface area contributed by atoms with Crippen LogP contribution < -0.4 is 0 Å². The van der Waals surface area contributed by atoms with Crippen molar-refractivity contribution in [3.8, 4) is 0 Å². The fraction of sp³-hybridized carbons (Fsp3) is 0.375. The summed E-state index contributed by atoms with van der Waals surface area (Å²) in [4.78, 5) is 1.56. The van der Waals surface area contributed by atoms with Crippen LogP contribution in [0, 0.1) is 0 Å². The van der Waals surface area contributed by atoms with Crippen LogP contribution in [0.4, 0.5) is 0 Å². The first-order valence-corrected chi connectivity index (χ1v) is 3.66. The van der Waals surface area contributed by atoms with Crippen LogP contribution in [0.2, 0.25) is 0 Å². The number of ether oxygens (including phenoxy) is 1. The Balaban J connectivity index is 3.64. The van der Waals surface area contributed by atoms with Gasteiger partial charge in [0.15, 0.2) is 0 Å². The fourth-order valence-electron chi connectivity index (χ4n) is 0.480. The quantitative estimate of drug-likeness (QED) is 0.367. The molecule has 2 heteroatoms. The Kier molecular flexibility index (Phi) is 5.24. The molecule has 0 aromatic heterocycles. The molecule has 0 saturated carbocycles. The van der Waals surface area contributed by atoms with Gasteiger partial charge in [-0.25, -0.2) is 0 Å². The van der Waals surface area contributed by atoms with Gasteiger partial charge in [0.1, 0.15) is 0 Å². The van der Waals surface area contributed by atoms with E-state index >= 15 is 0 Å². The second kappa shape index (κ2) is 5.43. The van der Waals surface area contributed by atoms with Gasteiger partial charge < -0.3 is 0 Å². The van der Waals surface area contributed by atoms with Crippen molar-refractivity contribution in [2.45, 2.75) is 20.0 Å². The van der Waals surface area contributed by atoms with E-state index in [4.69, 9.17) is 4.74 Å². The van der Waals surface area contributed by atoms with Crippen LogP contribution >= 0.6 is 0 Å². The van der Waals surface area contributed by atoms with E-state index in [0.717, 1.165) is 0 Å². The van der Waals surface area contributed by atoms with Crippen LogP contribution in [0.15, 0.2) is 24.5 Å². The summed E-state index contributed by atoms with van der Waals surface area (Å²) in [5.74, 6) is 0.656. The van der Waals surface area contributed by atoms with Crippen LogP contribution in [0.25, 0.3) is 0 Å². The molecular formula is C8H12NiO. The van der Waals surface area contributed by atoms with E-state index in [9.17, 15) is 0 Å². The zero-order valence-corrected chi connectivity index (χ0v) is 7.23. The average molecular weight is 183 g/mol. The van der Waals surface area contributed by atoms with Gasteiger partial charge in [0.25, 0.3) is 0 Å². The van der Waals surface area contributed by atoms with Crippen molar-refractivity contribution in [1.29, 1.82) is 0 Å². The van der Waals surface area contributed by atoms with Gasteiger partial charge >= 0.3 is 69.2 Å². The van der Waals surface area contributed by atoms with E-state index in [1.807, 2.05) is 13.8 Å². The molecule has 0 amide bonds. The molecule has 0 saturated heterocycles. The summed E-state index contributed by atoms with van der Waals surface area (Å²) in [6.45, 7) is 7.58. The van der Waals surface area contributed by atoms with Crippen molar-refractivity contribution >= 4 is 4.99 Å². The van der Waals surface area contributed by atoms with Crippen molar-refractivity contribution in [3.63, 3.8) is 0 Å². The summed E-state index contributed by atoms with van der Waals surface area (Å²) in [7, 11) is 0. The van der Waals surface area contributed by atoms with Crippen molar-refractivity contribution < 1.29 is 19.8 Å². The van der Waals surface area contributed by atoms with Crippen molar-refractivity contribution in [2.75, 3.05) is 0 Å².